The predicted molar refractivity (Wildman–Crippen MR) is 58.7 cm³/mol. The average molecular weight is 211 g/mol. The van der Waals surface area contributed by atoms with Crippen LogP contribution in [0, 0.1) is 11.8 Å². The van der Waals surface area contributed by atoms with E-state index in [1.807, 2.05) is 0 Å². The third-order valence-electron chi connectivity index (χ3n) is 4.02. The largest absolute Gasteiger partial charge is 0.481 e. The molecule has 3 heteroatoms. The number of aliphatic carboxylic acids is 1. The van der Waals surface area contributed by atoms with E-state index in [1.165, 1.54) is 32.1 Å². The number of hydrogen-bond acceptors (Lipinski definition) is 2. The minimum Gasteiger partial charge on any atom is -0.481 e. The van der Waals surface area contributed by atoms with Gasteiger partial charge in [-0.2, -0.15) is 0 Å². The Morgan fingerprint density at radius 1 is 1.20 bits per heavy atom. The first-order chi connectivity index (χ1) is 7.27. The molecule has 86 valence electrons. The molecule has 2 fully saturated rings. The molecule has 2 N–H and O–H groups in total. The Morgan fingerprint density at radius 3 is 2.33 bits per heavy atom. The minimum atomic E-state index is -0.603. The van der Waals surface area contributed by atoms with Gasteiger partial charge < -0.3 is 10.4 Å². The van der Waals surface area contributed by atoms with Crippen LogP contribution >= 0.6 is 0 Å². The zero-order valence-corrected chi connectivity index (χ0v) is 9.24. The first-order valence-corrected chi connectivity index (χ1v) is 6.23. The lowest BCUT2D eigenvalue weighted by Crippen LogP contribution is -2.41. The van der Waals surface area contributed by atoms with Gasteiger partial charge in [-0.1, -0.05) is 19.3 Å². The van der Waals surface area contributed by atoms with Gasteiger partial charge in [-0.3, -0.25) is 4.79 Å². The number of nitrogens with one attached hydrogen (secondary N) is 1. The molecular formula is C12H21NO2. The highest BCUT2D eigenvalue weighted by molar-refractivity contribution is 5.70. The van der Waals surface area contributed by atoms with Crippen LogP contribution in [0.4, 0.5) is 0 Å². The molecule has 0 heterocycles. The van der Waals surface area contributed by atoms with Gasteiger partial charge in [0.2, 0.25) is 0 Å². The highest BCUT2D eigenvalue weighted by Gasteiger charge is 2.31. The molecule has 0 aromatic carbocycles. The minimum absolute atomic E-state index is 0.145. The van der Waals surface area contributed by atoms with Crippen molar-refractivity contribution in [3.63, 3.8) is 0 Å². The van der Waals surface area contributed by atoms with Crippen molar-refractivity contribution >= 4 is 5.97 Å². The fraction of sp³-hybridized carbons (Fsp3) is 0.917. The molecule has 1 atom stereocenters. The molecular weight excluding hydrogens is 190 g/mol. The standard InChI is InChI=1S/C12H21NO2/c14-12(15)11(9-4-1-2-5-9)8-13-10-6-3-7-10/h9-11,13H,1-8H2,(H,14,15). The number of carbonyl (C=O) groups is 1. The van der Waals surface area contributed by atoms with Crippen molar-refractivity contribution in [1.82, 2.24) is 5.32 Å². The van der Waals surface area contributed by atoms with E-state index in [2.05, 4.69) is 5.32 Å². The fourth-order valence-electron chi connectivity index (χ4n) is 2.72. The maximum Gasteiger partial charge on any atom is 0.308 e. The second kappa shape index (κ2) is 4.97. The summed E-state index contributed by atoms with van der Waals surface area (Å²) in [6, 6.07) is 0.605. The smallest absolute Gasteiger partial charge is 0.308 e. The van der Waals surface area contributed by atoms with Crippen LogP contribution in [0.2, 0.25) is 0 Å². The molecule has 0 bridgehead atoms. The first-order valence-electron chi connectivity index (χ1n) is 6.23. The molecule has 0 spiro atoms. The van der Waals surface area contributed by atoms with Gasteiger partial charge in [-0.15, -0.1) is 0 Å². The van der Waals surface area contributed by atoms with E-state index in [-0.39, 0.29) is 5.92 Å². The molecule has 15 heavy (non-hydrogen) atoms. The summed E-state index contributed by atoms with van der Waals surface area (Å²) in [5, 5.41) is 12.6. The van der Waals surface area contributed by atoms with Crippen molar-refractivity contribution < 1.29 is 9.90 Å². The molecule has 1 unspecified atom stereocenters. The molecule has 0 saturated heterocycles. The molecule has 3 nitrogen and oxygen atoms in total. The maximum atomic E-state index is 11.2. The van der Waals surface area contributed by atoms with Crippen LogP contribution in [0.5, 0.6) is 0 Å². The molecule has 2 rings (SSSR count). The van der Waals surface area contributed by atoms with Crippen LogP contribution in [0.25, 0.3) is 0 Å². The number of rotatable bonds is 5. The quantitative estimate of drug-likeness (QED) is 0.731. The Labute approximate surface area is 91.2 Å². The highest BCUT2D eigenvalue weighted by atomic mass is 16.4. The van der Waals surface area contributed by atoms with Crippen LogP contribution in [-0.2, 0) is 4.79 Å². The SMILES string of the molecule is O=C(O)C(CNC1CCC1)C1CCCC1. The Hall–Kier alpha value is -0.570. The number of carboxylic acids is 1. The van der Waals surface area contributed by atoms with Gasteiger partial charge in [0.25, 0.3) is 0 Å². The van der Waals surface area contributed by atoms with Gasteiger partial charge in [0.1, 0.15) is 0 Å². The van der Waals surface area contributed by atoms with Crippen LogP contribution in [-0.4, -0.2) is 23.7 Å². The highest BCUT2D eigenvalue weighted by Crippen LogP contribution is 2.31. The Kier molecular flexibility index (Phi) is 3.62. The van der Waals surface area contributed by atoms with Crippen molar-refractivity contribution in [2.24, 2.45) is 11.8 Å². The van der Waals surface area contributed by atoms with E-state index in [0.717, 1.165) is 12.8 Å². The normalized spacial score (nSPS) is 25.1. The molecule has 0 radical (unpaired) electrons. The summed E-state index contributed by atoms with van der Waals surface area (Å²) >= 11 is 0. The third-order valence-corrected chi connectivity index (χ3v) is 4.02. The molecule has 2 saturated carbocycles. The Bertz CT molecular complexity index is 220. The molecule has 0 aromatic rings. The summed E-state index contributed by atoms with van der Waals surface area (Å²) in [6.45, 7) is 0.685. The molecule has 2 aliphatic rings. The summed E-state index contributed by atoms with van der Waals surface area (Å²) in [4.78, 5) is 11.2. The van der Waals surface area contributed by atoms with Gasteiger partial charge >= 0.3 is 5.97 Å². The summed E-state index contributed by atoms with van der Waals surface area (Å²) in [5.41, 5.74) is 0. The lowest BCUT2D eigenvalue weighted by Gasteiger charge is -2.29. The molecule has 0 aliphatic heterocycles. The Morgan fingerprint density at radius 2 is 1.87 bits per heavy atom. The van der Waals surface area contributed by atoms with Gasteiger partial charge in [0.05, 0.1) is 5.92 Å². The van der Waals surface area contributed by atoms with Crippen molar-refractivity contribution in [3.8, 4) is 0 Å². The second-order valence-corrected chi connectivity index (χ2v) is 5.03. The van der Waals surface area contributed by atoms with Crippen LogP contribution < -0.4 is 5.32 Å². The van der Waals surface area contributed by atoms with Gasteiger partial charge in [0, 0.05) is 12.6 Å². The zero-order chi connectivity index (χ0) is 10.7. The lowest BCUT2D eigenvalue weighted by atomic mass is 9.88. The molecule has 0 amide bonds. The molecule has 2 aliphatic carbocycles. The van der Waals surface area contributed by atoms with Crippen LogP contribution in [0.15, 0.2) is 0 Å². The monoisotopic (exact) mass is 211 g/mol. The van der Waals surface area contributed by atoms with Crippen molar-refractivity contribution in [3.05, 3.63) is 0 Å². The summed E-state index contributed by atoms with van der Waals surface area (Å²) in [6.07, 6.45) is 8.44. The van der Waals surface area contributed by atoms with Gasteiger partial charge in [0.15, 0.2) is 0 Å². The predicted octanol–water partition coefficient (Wildman–Crippen LogP) is 2.02. The van der Waals surface area contributed by atoms with Crippen LogP contribution in [0.3, 0.4) is 0 Å². The van der Waals surface area contributed by atoms with E-state index in [1.54, 1.807) is 0 Å². The van der Waals surface area contributed by atoms with E-state index in [4.69, 9.17) is 0 Å². The van der Waals surface area contributed by atoms with Crippen molar-refractivity contribution in [2.75, 3.05) is 6.54 Å². The fourth-order valence-corrected chi connectivity index (χ4v) is 2.72. The number of hydrogen-bond donors (Lipinski definition) is 2. The second-order valence-electron chi connectivity index (χ2n) is 5.03. The summed E-state index contributed by atoms with van der Waals surface area (Å²) < 4.78 is 0. The van der Waals surface area contributed by atoms with Gasteiger partial charge in [-0.25, -0.2) is 0 Å². The van der Waals surface area contributed by atoms with E-state index in [9.17, 15) is 9.90 Å². The third kappa shape index (κ3) is 2.71. The van der Waals surface area contributed by atoms with Crippen molar-refractivity contribution in [2.45, 2.75) is 51.0 Å². The summed E-state index contributed by atoms with van der Waals surface area (Å²) in [5.74, 6) is -0.322. The lowest BCUT2D eigenvalue weighted by molar-refractivity contribution is -0.143. The summed E-state index contributed by atoms with van der Waals surface area (Å²) in [7, 11) is 0. The Balaban J connectivity index is 1.79. The first kappa shape index (κ1) is 10.9. The van der Waals surface area contributed by atoms with Crippen molar-refractivity contribution in [1.29, 1.82) is 0 Å². The zero-order valence-electron chi connectivity index (χ0n) is 9.24. The van der Waals surface area contributed by atoms with E-state index in [0.29, 0.717) is 18.5 Å². The van der Waals surface area contributed by atoms with Crippen LogP contribution in [0.1, 0.15) is 44.9 Å². The topological polar surface area (TPSA) is 49.3 Å². The average Bonchev–Trinajstić information content (AvgIpc) is 2.61. The maximum absolute atomic E-state index is 11.2. The number of carboxylic acid groups (broad SMARTS) is 1. The van der Waals surface area contributed by atoms with Gasteiger partial charge in [-0.05, 0) is 31.6 Å². The van der Waals surface area contributed by atoms with E-state index < -0.39 is 5.97 Å². The van der Waals surface area contributed by atoms with E-state index >= 15 is 0 Å². The molecule has 0 aromatic heterocycles.